The van der Waals surface area contributed by atoms with E-state index in [2.05, 4.69) is 10.6 Å². The molecule has 3 aromatic rings. The van der Waals surface area contributed by atoms with Gasteiger partial charge in [0.15, 0.2) is 0 Å². The van der Waals surface area contributed by atoms with Crippen molar-refractivity contribution in [2.24, 2.45) is 5.73 Å². The quantitative estimate of drug-likeness (QED) is 0.565. The van der Waals surface area contributed by atoms with Crippen LogP contribution >= 0.6 is 0 Å². The van der Waals surface area contributed by atoms with Crippen molar-refractivity contribution < 1.29 is 9.59 Å². The Morgan fingerprint density at radius 2 is 1.56 bits per heavy atom. The third kappa shape index (κ3) is 5.39. The number of benzene rings is 3. The Labute approximate surface area is 158 Å². The van der Waals surface area contributed by atoms with E-state index >= 15 is 0 Å². The van der Waals surface area contributed by atoms with Gasteiger partial charge in [-0.25, -0.2) is 0 Å². The topological polar surface area (TPSA) is 84.2 Å². The number of nitrogens with two attached hydrogens (primary N) is 1. The van der Waals surface area contributed by atoms with Crippen molar-refractivity contribution in [3.63, 3.8) is 0 Å². The molecule has 1 atom stereocenters. The van der Waals surface area contributed by atoms with Gasteiger partial charge in [0, 0.05) is 6.54 Å². The second kappa shape index (κ2) is 8.96. The summed E-state index contributed by atoms with van der Waals surface area (Å²) in [5.74, 6) is -0.397. The molecule has 5 nitrogen and oxygen atoms in total. The summed E-state index contributed by atoms with van der Waals surface area (Å²) in [6.45, 7) is 0.421. The van der Waals surface area contributed by atoms with Crippen LogP contribution < -0.4 is 16.4 Å². The number of carbonyl (C=O) groups is 2. The molecule has 27 heavy (non-hydrogen) atoms. The molecule has 138 valence electrons. The van der Waals surface area contributed by atoms with E-state index in [-0.39, 0.29) is 24.7 Å². The third-order valence-electron chi connectivity index (χ3n) is 4.32. The van der Waals surface area contributed by atoms with Crippen LogP contribution in [0.15, 0.2) is 72.8 Å². The van der Waals surface area contributed by atoms with E-state index in [1.165, 1.54) is 0 Å². The molecule has 3 rings (SSSR count). The molecule has 0 saturated heterocycles. The fraction of sp³-hybridized carbons (Fsp3) is 0.182. The van der Waals surface area contributed by atoms with E-state index in [1.54, 1.807) is 0 Å². The number of amides is 2. The maximum atomic E-state index is 12.2. The Morgan fingerprint density at radius 1 is 0.852 bits per heavy atom. The van der Waals surface area contributed by atoms with Gasteiger partial charge in [0.05, 0.1) is 19.0 Å². The molecule has 0 aromatic heterocycles. The maximum absolute atomic E-state index is 12.2. The van der Waals surface area contributed by atoms with Gasteiger partial charge in [-0.3, -0.25) is 9.59 Å². The highest BCUT2D eigenvalue weighted by atomic mass is 16.2. The van der Waals surface area contributed by atoms with Crippen molar-refractivity contribution in [1.29, 1.82) is 0 Å². The summed E-state index contributed by atoms with van der Waals surface area (Å²) < 4.78 is 0. The second-order valence-electron chi connectivity index (χ2n) is 6.46. The van der Waals surface area contributed by atoms with Crippen LogP contribution in [-0.4, -0.2) is 18.0 Å². The van der Waals surface area contributed by atoms with Gasteiger partial charge in [0.1, 0.15) is 0 Å². The molecule has 0 aliphatic heterocycles. The summed E-state index contributed by atoms with van der Waals surface area (Å²) in [5.41, 5.74) is 7.85. The van der Waals surface area contributed by atoms with Crippen LogP contribution in [0.5, 0.6) is 0 Å². The predicted octanol–water partition coefficient (Wildman–Crippen LogP) is 2.49. The molecule has 0 radical (unpaired) electrons. The van der Waals surface area contributed by atoms with E-state index < -0.39 is 6.17 Å². The van der Waals surface area contributed by atoms with Crippen LogP contribution in [0, 0.1) is 0 Å². The number of hydrogen-bond donors (Lipinski definition) is 3. The van der Waals surface area contributed by atoms with Gasteiger partial charge >= 0.3 is 0 Å². The van der Waals surface area contributed by atoms with Gasteiger partial charge in [0.25, 0.3) is 0 Å². The molecule has 1 unspecified atom stereocenters. The average Bonchev–Trinajstić information content (AvgIpc) is 2.66. The van der Waals surface area contributed by atoms with Gasteiger partial charge in [0.2, 0.25) is 11.8 Å². The summed E-state index contributed by atoms with van der Waals surface area (Å²) in [7, 11) is 0. The van der Waals surface area contributed by atoms with Crippen molar-refractivity contribution in [2.75, 3.05) is 0 Å². The number of hydrogen-bond acceptors (Lipinski definition) is 3. The smallest absolute Gasteiger partial charge is 0.225 e. The van der Waals surface area contributed by atoms with Crippen LogP contribution in [-0.2, 0) is 22.6 Å². The number of nitrogens with one attached hydrogen (secondary N) is 2. The molecule has 3 aromatic carbocycles. The zero-order valence-electron chi connectivity index (χ0n) is 15.0. The lowest BCUT2D eigenvalue weighted by atomic mass is 10.0. The number of rotatable bonds is 7. The van der Waals surface area contributed by atoms with E-state index in [1.807, 2.05) is 72.8 Å². The molecule has 0 fully saturated rings. The molecule has 0 bridgehead atoms. The zero-order chi connectivity index (χ0) is 19.1. The SMILES string of the molecule is NC(CC(=O)NCc1cccc2ccccc12)NC(=O)Cc1ccccc1. The molecular formula is C22H23N3O2. The monoisotopic (exact) mass is 361 g/mol. The Balaban J connectivity index is 1.48. The standard InChI is InChI=1S/C22H23N3O2/c23-20(25-22(27)13-16-7-2-1-3-8-16)14-21(26)24-15-18-11-6-10-17-9-4-5-12-19(17)18/h1-12,20H,13-15,23H2,(H,24,26)(H,25,27). The van der Waals surface area contributed by atoms with Crippen LogP contribution in [0.4, 0.5) is 0 Å². The molecule has 2 amide bonds. The summed E-state index contributed by atoms with van der Waals surface area (Å²) in [5, 5.41) is 7.79. The van der Waals surface area contributed by atoms with Crippen molar-refractivity contribution >= 4 is 22.6 Å². The normalized spacial score (nSPS) is 11.7. The minimum Gasteiger partial charge on any atom is -0.352 e. The first-order valence-electron chi connectivity index (χ1n) is 8.94. The lowest BCUT2D eigenvalue weighted by Crippen LogP contribution is -2.45. The Kier molecular flexibility index (Phi) is 6.18. The Hall–Kier alpha value is -3.18. The summed E-state index contributed by atoms with van der Waals surface area (Å²) in [6, 6.07) is 23.4. The largest absolute Gasteiger partial charge is 0.352 e. The third-order valence-corrected chi connectivity index (χ3v) is 4.32. The fourth-order valence-corrected chi connectivity index (χ4v) is 3.00. The van der Waals surface area contributed by atoms with E-state index in [9.17, 15) is 9.59 Å². The highest BCUT2D eigenvalue weighted by molar-refractivity contribution is 5.86. The van der Waals surface area contributed by atoms with E-state index in [0.29, 0.717) is 6.54 Å². The lowest BCUT2D eigenvalue weighted by Gasteiger charge is -2.14. The van der Waals surface area contributed by atoms with Gasteiger partial charge < -0.3 is 16.4 Å². The van der Waals surface area contributed by atoms with Crippen LogP contribution in [0.25, 0.3) is 10.8 Å². The molecule has 5 heteroatoms. The van der Waals surface area contributed by atoms with Crippen LogP contribution in [0.2, 0.25) is 0 Å². The summed E-state index contributed by atoms with van der Waals surface area (Å²) in [4.78, 5) is 24.2. The Bertz CT molecular complexity index is 920. The van der Waals surface area contributed by atoms with Crippen LogP contribution in [0.1, 0.15) is 17.5 Å². The van der Waals surface area contributed by atoms with Gasteiger partial charge in [-0.15, -0.1) is 0 Å². The maximum Gasteiger partial charge on any atom is 0.225 e. The molecule has 0 spiro atoms. The highest BCUT2D eigenvalue weighted by Crippen LogP contribution is 2.18. The van der Waals surface area contributed by atoms with Gasteiger partial charge in [-0.05, 0) is 21.9 Å². The van der Waals surface area contributed by atoms with Crippen LogP contribution in [0.3, 0.4) is 0 Å². The lowest BCUT2D eigenvalue weighted by molar-refractivity contribution is -0.123. The van der Waals surface area contributed by atoms with Crippen molar-refractivity contribution in [1.82, 2.24) is 10.6 Å². The minimum absolute atomic E-state index is 0.0330. The molecule has 4 N–H and O–H groups in total. The Morgan fingerprint density at radius 3 is 2.37 bits per heavy atom. The molecular weight excluding hydrogens is 338 g/mol. The molecule has 0 heterocycles. The van der Waals surface area contributed by atoms with Gasteiger partial charge in [-0.2, -0.15) is 0 Å². The first-order chi connectivity index (χ1) is 13.1. The molecule has 0 saturated carbocycles. The fourth-order valence-electron chi connectivity index (χ4n) is 3.00. The predicted molar refractivity (Wildman–Crippen MR) is 107 cm³/mol. The first-order valence-corrected chi connectivity index (χ1v) is 8.94. The second-order valence-corrected chi connectivity index (χ2v) is 6.46. The summed E-state index contributed by atoms with van der Waals surface area (Å²) >= 11 is 0. The van der Waals surface area contributed by atoms with E-state index in [0.717, 1.165) is 21.9 Å². The van der Waals surface area contributed by atoms with Crippen molar-refractivity contribution in [2.45, 2.75) is 25.6 Å². The van der Waals surface area contributed by atoms with Crippen molar-refractivity contribution in [3.8, 4) is 0 Å². The zero-order valence-corrected chi connectivity index (χ0v) is 15.0. The molecule has 0 aliphatic rings. The van der Waals surface area contributed by atoms with Crippen molar-refractivity contribution in [3.05, 3.63) is 83.9 Å². The van der Waals surface area contributed by atoms with E-state index in [4.69, 9.17) is 5.73 Å². The average molecular weight is 361 g/mol. The number of carbonyl (C=O) groups excluding carboxylic acids is 2. The number of fused-ring (bicyclic) bond motifs is 1. The highest BCUT2D eigenvalue weighted by Gasteiger charge is 2.13. The van der Waals surface area contributed by atoms with Gasteiger partial charge in [-0.1, -0.05) is 72.8 Å². The first kappa shape index (κ1) is 18.6. The minimum atomic E-state index is -0.714. The molecule has 0 aliphatic carbocycles. The summed E-state index contributed by atoms with van der Waals surface area (Å²) in [6.07, 6.45) is -0.439.